The maximum absolute atomic E-state index is 3.53. The molecular weight excluding hydrogens is 212 g/mol. The Labute approximate surface area is 84.9 Å². The fourth-order valence-electron chi connectivity index (χ4n) is 0.496. The van der Waals surface area contributed by atoms with Crippen LogP contribution in [0.25, 0.3) is 0 Å². The molecule has 0 nitrogen and oxygen atoms in total. The zero-order chi connectivity index (χ0) is 9.99. The molecule has 0 amide bonds. The molecule has 0 aliphatic carbocycles. The lowest BCUT2D eigenvalue weighted by atomic mass is 9.94. The highest BCUT2D eigenvalue weighted by Gasteiger charge is 2.13. The van der Waals surface area contributed by atoms with Gasteiger partial charge in [-0.3, -0.25) is 0 Å². The van der Waals surface area contributed by atoms with E-state index in [0.717, 1.165) is 4.48 Å². The van der Waals surface area contributed by atoms with Gasteiger partial charge in [0.2, 0.25) is 0 Å². The molecule has 0 heterocycles. The van der Waals surface area contributed by atoms with Gasteiger partial charge < -0.3 is 0 Å². The SMILES string of the molecule is CC(C)(C)C=C=C(Br)C(C)(C)C. The molecule has 0 unspecified atom stereocenters. The first-order valence-electron chi connectivity index (χ1n) is 4.27. The second-order valence-electron chi connectivity index (χ2n) is 5.22. The average Bonchev–Trinajstić information content (AvgIpc) is 1.78. The molecule has 0 aromatic carbocycles. The van der Waals surface area contributed by atoms with Crippen molar-refractivity contribution >= 4 is 15.9 Å². The monoisotopic (exact) mass is 230 g/mol. The number of hydrogen-bond acceptors (Lipinski definition) is 0. The fourth-order valence-corrected chi connectivity index (χ4v) is 0.611. The molecule has 0 radical (unpaired) electrons. The lowest BCUT2D eigenvalue weighted by molar-refractivity contribution is 0.529. The van der Waals surface area contributed by atoms with Crippen LogP contribution in [0.2, 0.25) is 0 Å². The molecule has 0 aliphatic rings. The van der Waals surface area contributed by atoms with E-state index in [-0.39, 0.29) is 10.8 Å². The molecule has 0 aliphatic heterocycles. The highest BCUT2D eigenvalue weighted by molar-refractivity contribution is 9.11. The third kappa shape index (κ3) is 5.62. The van der Waals surface area contributed by atoms with Crippen LogP contribution in [0.5, 0.6) is 0 Å². The lowest BCUT2D eigenvalue weighted by Crippen LogP contribution is -2.04. The van der Waals surface area contributed by atoms with Gasteiger partial charge >= 0.3 is 0 Å². The molecule has 1 heteroatoms. The Bertz CT molecular complexity index is 204. The number of hydrogen-bond donors (Lipinski definition) is 0. The van der Waals surface area contributed by atoms with Gasteiger partial charge in [0, 0.05) is 9.90 Å². The molecule has 0 aromatic rings. The van der Waals surface area contributed by atoms with Crippen molar-refractivity contribution in [3.63, 3.8) is 0 Å². The van der Waals surface area contributed by atoms with Crippen molar-refractivity contribution in [2.75, 3.05) is 0 Å². The number of rotatable bonds is 0. The number of halogens is 1. The maximum atomic E-state index is 3.53. The third-order valence-electron chi connectivity index (χ3n) is 1.29. The molecule has 0 saturated carbocycles. The van der Waals surface area contributed by atoms with Gasteiger partial charge in [-0.05, 0) is 27.4 Å². The standard InChI is InChI=1S/C11H19Br/c1-10(2,3)8-7-9(12)11(4,5)6/h8H,1-6H3. The number of allylic oxidation sites excluding steroid dienone is 1. The second-order valence-corrected chi connectivity index (χ2v) is 6.01. The molecule has 0 rings (SSSR count). The molecule has 0 N–H and O–H groups in total. The van der Waals surface area contributed by atoms with E-state index >= 15 is 0 Å². The zero-order valence-electron chi connectivity index (χ0n) is 8.96. The van der Waals surface area contributed by atoms with E-state index in [1.54, 1.807) is 0 Å². The first kappa shape index (κ1) is 12.0. The minimum Gasteiger partial charge on any atom is -0.113 e. The Balaban J connectivity index is 4.69. The van der Waals surface area contributed by atoms with Crippen LogP contribution in [0.15, 0.2) is 16.3 Å². The van der Waals surface area contributed by atoms with Crippen LogP contribution in [-0.4, -0.2) is 0 Å². The molecule has 0 aromatic heterocycles. The second kappa shape index (κ2) is 3.81. The largest absolute Gasteiger partial charge is 0.113 e. The van der Waals surface area contributed by atoms with Gasteiger partial charge in [0.1, 0.15) is 0 Å². The van der Waals surface area contributed by atoms with Gasteiger partial charge in [-0.25, -0.2) is 0 Å². The van der Waals surface area contributed by atoms with Gasteiger partial charge in [0.15, 0.2) is 0 Å². The quantitative estimate of drug-likeness (QED) is 0.538. The van der Waals surface area contributed by atoms with E-state index in [1.807, 2.05) is 0 Å². The Hall–Kier alpha value is 0. The predicted molar refractivity (Wildman–Crippen MR) is 59.4 cm³/mol. The summed E-state index contributed by atoms with van der Waals surface area (Å²) in [5.74, 6) is 0. The highest BCUT2D eigenvalue weighted by atomic mass is 79.9. The van der Waals surface area contributed by atoms with E-state index in [0.29, 0.717) is 0 Å². The maximum Gasteiger partial charge on any atom is 0.0418 e. The molecule has 0 spiro atoms. The first-order valence-corrected chi connectivity index (χ1v) is 5.06. The summed E-state index contributed by atoms with van der Waals surface area (Å²) < 4.78 is 1.13. The smallest absolute Gasteiger partial charge is 0.0418 e. The van der Waals surface area contributed by atoms with Gasteiger partial charge in [-0.2, -0.15) is 0 Å². The van der Waals surface area contributed by atoms with Crippen molar-refractivity contribution in [1.29, 1.82) is 0 Å². The summed E-state index contributed by atoms with van der Waals surface area (Å²) in [5.41, 5.74) is 3.65. The fraction of sp³-hybridized carbons (Fsp3) is 0.727. The van der Waals surface area contributed by atoms with Gasteiger partial charge in [-0.15, -0.1) is 5.73 Å². The van der Waals surface area contributed by atoms with Crippen LogP contribution >= 0.6 is 15.9 Å². The van der Waals surface area contributed by atoms with E-state index in [4.69, 9.17) is 0 Å². The Morgan fingerprint density at radius 2 is 1.50 bits per heavy atom. The predicted octanol–water partition coefficient (Wildman–Crippen LogP) is 4.51. The Kier molecular flexibility index (Phi) is 3.81. The summed E-state index contributed by atoms with van der Waals surface area (Å²) in [7, 11) is 0. The summed E-state index contributed by atoms with van der Waals surface area (Å²) >= 11 is 3.53. The van der Waals surface area contributed by atoms with Crippen LogP contribution in [0.4, 0.5) is 0 Å². The van der Waals surface area contributed by atoms with Crippen molar-refractivity contribution in [2.24, 2.45) is 10.8 Å². The van der Waals surface area contributed by atoms with E-state index in [2.05, 4.69) is 69.3 Å². The molecule has 12 heavy (non-hydrogen) atoms. The summed E-state index contributed by atoms with van der Waals surface area (Å²) in [6.07, 6.45) is 2.10. The highest BCUT2D eigenvalue weighted by Crippen LogP contribution is 2.29. The van der Waals surface area contributed by atoms with Gasteiger partial charge in [0.05, 0.1) is 0 Å². The van der Waals surface area contributed by atoms with E-state index in [9.17, 15) is 0 Å². The Morgan fingerprint density at radius 3 is 1.75 bits per heavy atom. The molecule has 0 bridgehead atoms. The van der Waals surface area contributed by atoms with E-state index < -0.39 is 0 Å². The van der Waals surface area contributed by atoms with Crippen LogP contribution in [0, 0.1) is 10.8 Å². The van der Waals surface area contributed by atoms with Crippen LogP contribution in [-0.2, 0) is 0 Å². The molecule has 0 atom stereocenters. The summed E-state index contributed by atoms with van der Waals surface area (Å²) in [5, 5.41) is 0. The minimum atomic E-state index is 0.168. The summed E-state index contributed by atoms with van der Waals surface area (Å²) in [6, 6.07) is 0. The van der Waals surface area contributed by atoms with Crippen molar-refractivity contribution in [3.05, 3.63) is 16.3 Å². The van der Waals surface area contributed by atoms with E-state index in [1.165, 1.54) is 0 Å². The first-order chi connectivity index (χ1) is 5.13. The van der Waals surface area contributed by atoms with Crippen molar-refractivity contribution in [1.82, 2.24) is 0 Å². The van der Waals surface area contributed by atoms with Crippen LogP contribution in [0.3, 0.4) is 0 Å². The topological polar surface area (TPSA) is 0 Å². The van der Waals surface area contributed by atoms with Crippen LogP contribution < -0.4 is 0 Å². The summed E-state index contributed by atoms with van der Waals surface area (Å²) in [4.78, 5) is 0. The molecular formula is C11H19Br. The zero-order valence-corrected chi connectivity index (χ0v) is 10.5. The van der Waals surface area contributed by atoms with Crippen molar-refractivity contribution in [3.8, 4) is 0 Å². The summed E-state index contributed by atoms with van der Waals surface area (Å²) in [6.45, 7) is 13.0. The minimum absolute atomic E-state index is 0.168. The van der Waals surface area contributed by atoms with Crippen molar-refractivity contribution in [2.45, 2.75) is 41.5 Å². The van der Waals surface area contributed by atoms with Crippen molar-refractivity contribution < 1.29 is 0 Å². The molecule has 0 fully saturated rings. The van der Waals surface area contributed by atoms with Gasteiger partial charge in [-0.1, -0.05) is 41.5 Å². The Morgan fingerprint density at radius 1 is 1.08 bits per heavy atom. The lowest BCUT2D eigenvalue weighted by Gasteiger charge is -2.16. The van der Waals surface area contributed by atoms with Gasteiger partial charge in [0.25, 0.3) is 0 Å². The molecule has 70 valence electrons. The third-order valence-corrected chi connectivity index (χ3v) is 2.71. The van der Waals surface area contributed by atoms with Crippen LogP contribution in [0.1, 0.15) is 41.5 Å². The average molecular weight is 231 g/mol. The molecule has 0 saturated heterocycles. The normalized spacial score (nSPS) is 12.2.